The van der Waals surface area contributed by atoms with Gasteiger partial charge < -0.3 is 10.3 Å². The van der Waals surface area contributed by atoms with Gasteiger partial charge in [-0.2, -0.15) is 0 Å². The van der Waals surface area contributed by atoms with E-state index < -0.39 is 0 Å². The van der Waals surface area contributed by atoms with E-state index in [-0.39, 0.29) is 5.82 Å². The molecule has 0 amide bonds. The first-order valence-electron chi connectivity index (χ1n) is 4.19. The highest BCUT2D eigenvalue weighted by molar-refractivity contribution is 9.10. The van der Waals surface area contributed by atoms with Crippen LogP contribution in [0.15, 0.2) is 16.6 Å². The van der Waals surface area contributed by atoms with E-state index in [1.165, 1.54) is 6.07 Å². The summed E-state index contributed by atoms with van der Waals surface area (Å²) in [5, 5.41) is 2.97. The van der Waals surface area contributed by atoms with E-state index in [0.29, 0.717) is 11.0 Å². The Morgan fingerprint density at radius 3 is 3.07 bits per heavy atom. The quantitative estimate of drug-likeness (QED) is 0.866. The molecule has 1 aromatic heterocycles. The molecular weight excluding hydrogens is 249 g/mol. The lowest BCUT2D eigenvalue weighted by Gasteiger charge is -1.92. The van der Waals surface area contributed by atoms with Crippen molar-refractivity contribution in [3.05, 3.63) is 28.2 Å². The predicted octanol–water partition coefficient (Wildman–Crippen LogP) is 2.18. The van der Waals surface area contributed by atoms with Gasteiger partial charge in [0.15, 0.2) is 0 Å². The van der Waals surface area contributed by atoms with E-state index in [4.69, 9.17) is 0 Å². The Kier molecular flexibility index (Phi) is 2.52. The molecule has 2 N–H and O–H groups in total. The zero-order chi connectivity index (χ0) is 10.1. The van der Waals surface area contributed by atoms with Crippen molar-refractivity contribution in [1.29, 1.82) is 0 Å². The molecule has 1 heterocycles. The summed E-state index contributed by atoms with van der Waals surface area (Å²) in [6, 6.07) is 3.10. The maximum atomic E-state index is 13.1. The van der Waals surface area contributed by atoms with Crippen LogP contribution in [0.25, 0.3) is 11.0 Å². The molecule has 5 heteroatoms. The average Bonchev–Trinajstić information content (AvgIpc) is 2.48. The van der Waals surface area contributed by atoms with Crippen molar-refractivity contribution in [2.24, 2.45) is 0 Å². The summed E-state index contributed by atoms with van der Waals surface area (Å²) in [5.74, 6) is 0.525. The van der Waals surface area contributed by atoms with Gasteiger partial charge in [-0.3, -0.25) is 0 Å². The summed E-state index contributed by atoms with van der Waals surface area (Å²) in [6.45, 7) is 0.647. The van der Waals surface area contributed by atoms with E-state index >= 15 is 0 Å². The van der Waals surface area contributed by atoms with E-state index in [1.807, 2.05) is 7.05 Å². The van der Waals surface area contributed by atoms with E-state index in [0.717, 1.165) is 16.9 Å². The third kappa shape index (κ3) is 1.65. The highest BCUT2D eigenvalue weighted by Gasteiger charge is 2.06. The average molecular weight is 258 g/mol. The highest BCUT2D eigenvalue weighted by Crippen LogP contribution is 2.21. The molecule has 0 aliphatic rings. The fraction of sp³-hybridized carbons (Fsp3) is 0.222. The van der Waals surface area contributed by atoms with E-state index in [1.54, 1.807) is 6.07 Å². The fourth-order valence-electron chi connectivity index (χ4n) is 1.31. The number of benzene rings is 1. The second-order valence-electron chi connectivity index (χ2n) is 3.00. The van der Waals surface area contributed by atoms with E-state index in [9.17, 15) is 4.39 Å². The molecule has 0 aliphatic carbocycles. The Hall–Kier alpha value is -0.940. The number of H-pyrrole nitrogens is 1. The molecule has 0 spiro atoms. The van der Waals surface area contributed by atoms with Crippen LogP contribution in [0.4, 0.5) is 4.39 Å². The molecule has 2 rings (SSSR count). The van der Waals surface area contributed by atoms with Gasteiger partial charge in [0.1, 0.15) is 11.6 Å². The Labute approximate surface area is 88.9 Å². The highest BCUT2D eigenvalue weighted by atomic mass is 79.9. The van der Waals surface area contributed by atoms with Crippen LogP contribution in [-0.2, 0) is 6.54 Å². The SMILES string of the molecule is CNCc1nc2cc(Br)c(F)cc2[nH]1. The standard InChI is InChI=1S/C9H9BrFN3/c1-12-4-9-13-7-2-5(10)6(11)3-8(7)14-9/h2-3,12H,4H2,1H3,(H,13,14). The van der Waals surface area contributed by atoms with Gasteiger partial charge in [-0.25, -0.2) is 9.37 Å². The van der Waals surface area contributed by atoms with Crippen LogP contribution in [0.3, 0.4) is 0 Å². The van der Waals surface area contributed by atoms with Crippen molar-refractivity contribution >= 4 is 27.0 Å². The Balaban J connectivity index is 2.54. The van der Waals surface area contributed by atoms with Crippen molar-refractivity contribution < 1.29 is 4.39 Å². The Morgan fingerprint density at radius 2 is 2.36 bits per heavy atom. The molecule has 0 saturated carbocycles. The summed E-state index contributed by atoms with van der Waals surface area (Å²) < 4.78 is 13.6. The summed E-state index contributed by atoms with van der Waals surface area (Å²) in [5.41, 5.74) is 1.49. The van der Waals surface area contributed by atoms with Crippen LogP contribution in [-0.4, -0.2) is 17.0 Å². The number of hydrogen-bond donors (Lipinski definition) is 2. The lowest BCUT2D eigenvalue weighted by atomic mass is 10.3. The lowest BCUT2D eigenvalue weighted by molar-refractivity contribution is 0.623. The summed E-state index contributed by atoms with van der Waals surface area (Å²) in [6.07, 6.45) is 0. The van der Waals surface area contributed by atoms with Gasteiger partial charge >= 0.3 is 0 Å². The monoisotopic (exact) mass is 257 g/mol. The smallest absolute Gasteiger partial charge is 0.139 e. The molecule has 3 nitrogen and oxygen atoms in total. The van der Waals surface area contributed by atoms with Gasteiger partial charge in [-0.05, 0) is 29.0 Å². The first kappa shape index (κ1) is 9.61. The molecule has 0 saturated heterocycles. The van der Waals surface area contributed by atoms with E-state index in [2.05, 4.69) is 31.2 Å². The number of aromatic amines is 1. The first-order valence-corrected chi connectivity index (χ1v) is 4.98. The lowest BCUT2D eigenvalue weighted by Crippen LogP contribution is -2.06. The molecule has 14 heavy (non-hydrogen) atoms. The number of hydrogen-bond acceptors (Lipinski definition) is 2. The molecule has 0 atom stereocenters. The molecule has 1 aromatic carbocycles. The number of rotatable bonds is 2. The van der Waals surface area contributed by atoms with Crippen LogP contribution >= 0.6 is 15.9 Å². The molecule has 0 aliphatic heterocycles. The van der Waals surface area contributed by atoms with Crippen LogP contribution in [0.2, 0.25) is 0 Å². The normalized spacial score (nSPS) is 11.1. The van der Waals surface area contributed by atoms with Crippen molar-refractivity contribution in [1.82, 2.24) is 15.3 Å². The van der Waals surface area contributed by atoms with Gasteiger partial charge in [-0.15, -0.1) is 0 Å². The number of halogens is 2. The van der Waals surface area contributed by atoms with Gasteiger partial charge in [0.25, 0.3) is 0 Å². The van der Waals surface area contributed by atoms with Crippen molar-refractivity contribution in [2.45, 2.75) is 6.54 Å². The minimum atomic E-state index is -0.280. The molecule has 2 aromatic rings. The van der Waals surface area contributed by atoms with Crippen LogP contribution in [0.5, 0.6) is 0 Å². The minimum Gasteiger partial charge on any atom is -0.341 e. The maximum Gasteiger partial charge on any atom is 0.139 e. The largest absolute Gasteiger partial charge is 0.341 e. The van der Waals surface area contributed by atoms with Gasteiger partial charge in [-0.1, -0.05) is 0 Å². The number of nitrogens with one attached hydrogen (secondary N) is 2. The number of aromatic nitrogens is 2. The maximum absolute atomic E-state index is 13.1. The van der Waals surface area contributed by atoms with Crippen LogP contribution in [0.1, 0.15) is 5.82 Å². The van der Waals surface area contributed by atoms with Gasteiger partial charge in [0.05, 0.1) is 22.1 Å². The molecular formula is C9H9BrFN3. The topological polar surface area (TPSA) is 40.7 Å². The predicted molar refractivity (Wildman–Crippen MR) is 56.5 cm³/mol. The summed E-state index contributed by atoms with van der Waals surface area (Å²) in [7, 11) is 1.84. The van der Waals surface area contributed by atoms with Crippen LogP contribution in [0, 0.1) is 5.82 Å². The molecule has 0 unspecified atom stereocenters. The zero-order valence-corrected chi connectivity index (χ0v) is 9.15. The number of nitrogens with zero attached hydrogens (tertiary/aromatic N) is 1. The fourth-order valence-corrected chi connectivity index (χ4v) is 1.64. The van der Waals surface area contributed by atoms with Crippen molar-refractivity contribution in [3.8, 4) is 0 Å². The van der Waals surface area contributed by atoms with Crippen molar-refractivity contribution in [3.63, 3.8) is 0 Å². The second-order valence-corrected chi connectivity index (χ2v) is 3.85. The minimum absolute atomic E-state index is 0.280. The zero-order valence-electron chi connectivity index (χ0n) is 7.56. The third-order valence-corrected chi connectivity index (χ3v) is 2.52. The molecule has 74 valence electrons. The Morgan fingerprint density at radius 1 is 1.57 bits per heavy atom. The Bertz CT molecular complexity index is 427. The van der Waals surface area contributed by atoms with Gasteiger partial charge in [0.2, 0.25) is 0 Å². The number of fused-ring (bicyclic) bond motifs is 1. The summed E-state index contributed by atoms with van der Waals surface area (Å²) >= 11 is 3.12. The van der Waals surface area contributed by atoms with Crippen LogP contribution < -0.4 is 5.32 Å². The van der Waals surface area contributed by atoms with Gasteiger partial charge in [0, 0.05) is 6.07 Å². The molecule has 0 radical (unpaired) electrons. The molecule has 0 bridgehead atoms. The molecule has 0 fully saturated rings. The second kappa shape index (κ2) is 3.67. The summed E-state index contributed by atoms with van der Waals surface area (Å²) in [4.78, 5) is 7.32. The number of imidazole rings is 1. The third-order valence-electron chi connectivity index (χ3n) is 1.92. The van der Waals surface area contributed by atoms with Crippen molar-refractivity contribution in [2.75, 3.05) is 7.05 Å². The first-order chi connectivity index (χ1) is 6.70.